The Labute approximate surface area is 116 Å². The molecule has 19 heavy (non-hydrogen) atoms. The van der Waals surface area contributed by atoms with E-state index in [0.29, 0.717) is 5.56 Å². The van der Waals surface area contributed by atoms with Crippen molar-refractivity contribution >= 4 is 26.7 Å². The number of carbonyl (C=O) groups is 1. The molecule has 2 aromatic rings. The Bertz CT molecular complexity index is 701. The second kappa shape index (κ2) is 5.15. The van der Waals surface area contributed by atoms with Crippen LogP contribution < -0.4 is 0 Å². The van der Waals surface area contributed by atoms with E-state index in [1.807, 2.05) is 0 Å². The molecule has 0 amide bonds. The van der Waals surface area contributed by atoms with Gasteiger partial charge in [-0.25, -0.2) is 8.42 Å². The van der Waals surface area contributed by atoms with Gasteiger partial charge < -0.3 is 0 Å². The Hall–Kier alpha value is -1.65. The van der Waals surface area contributed by atoms with E-state index in [1.54, 1.807) is 48.5 Å². The molecule has 0 heterocycles. The van der Waals surface area contributed by atoms with Crippen LogP contribution in [0.4, 0.5) is 0 Å². The minimum Gasteiger partial charge on any atom is -0.276 e. The van der Waals surface area contributed by atoms with Crippen molar-refractivity contribution in [1.82, 2.24) is 0 Å². The summed E-state index contributed by atoms with van der Waals surface area (Å²) in [4.78, 5) is 11.2. The van der Waals surface area contributed by atoms with Crippen LogP contribution in [0.1, 0.15) is 10.4 Å². The first-order valence-corrected chi connectivity index (χ1v) is 7.75. The highest BCUT2D eigenvalue weighted by Gasteiger charge is 2.07. The van der Waals surface area contributed by atoms with Crippen LogP contribution in [0.5, 0.6) is 0 Å². The summed E-state index contributed by atoms with van der Waals surface area (Å²) < 4.78 is 22.7. The lowest BCUT2D eigenvalue weighted by atomic mass is 10.0. The number of rotatable bonds is 3. The molecule has 0 fully saturated rings. The number of hydrogen-bond donors (Lipinski definition) is 0. The van der Waals surface area contributed by atoms with Crippen LogP contribution in [0.15, 0.2) is 53.4 Å². The molecule has 0 radical (unpaired) electrons. The fraction of sp³-hybridized carbons (Fsp3) is 0.0714. The van der Waals surface area contributed by atoms with E-state index < -0.39 is 15.1 Å². The molecule has 3 nitrogen and oxygen atoms in total. The first-order valence-electron chi connectivity index (χ1n) is 5.48. The molecular weight excluding hydrogens is 284 g/mol. The zero-order valence-electron chi connectivity index (χ0n) is 10.1. The third-order valence-corrected chi connectivity index (χ3v) is 4.07. The van der Waals surface area contributed by atoms with Gasteiger partial charge in [-0.1, -0.05) is 24.3 Å². The molecule has 0 saturated heterocycles. The lowest BCUT2D eigenvalue weighted by Gasteiger charge is -2.04. The highest BCUT2D eigenvalue weighted by molar-refractivity contribution is 7.90. The molecule has 0 aliphatic rings. The van der Waals surface area contributed by atoms with Gasteiger partial charge in [0.05, 0.1) is 4.90 Å². The molecule has 0 aliphatic heterocycles. The van der Waals surface area contributed by atoms with Gasteiger partial charge in [0.2, 0.25) is 0 Å². The molecule has 0 saturated carbocycles. The van der Waals surface area contributed by atoms with Gasteiger partial charge in [0.15, 0.2) is 9.84 Å². The van der Waals surface area contributed by atoms with Gasteiger partial charge in [0, 0.05) is 11.8 Å². The average Bonchev–Trinajstić information content (AvgIpc) is 2.38. The number of sulfone groups is 1. The van der Waals surface area contributed by atoms with Crippen LogP contribution in [0.3, 0.4) is 0 Å². The van der Waals surface area contributed by atoms with Gasteiger partial charge in [-0.15, -0.1) is 0 Å². The van der Waals surface area contributed by atoms with Crippen molar-refractivity contribution < 1.29 is 13.2 Å². The van der Waals surface area contributed by atoms with E-state index in [-0.39, 0.29) is 4.90 Å². The van der Waals surface area contributed by atoms with Crippen LogP contribution >= 0.6 is 11.6 Å². The quantitative estimate of drug-likeness (QED) is 0.817. The summed E-state index contributed by atoms with van der Waals surface area (Å²) in [6.07, 6.45) is 1.17. The van der Waals surface area contributed by atoms with Gasteiger partial charge in [-0.05, 0) is 47.0 Å². The monoisotopic (exact) mass is 294 g/mol. The van der Waals surface area contributed by atoms with E-state index in [4.69, 9.17) is 11.6 Å². The van der Waals surface area contributed by atoms with Crippen molar-refractivity contribution in [2.45, 2.75) is 4.90 Å². The molecule has 0 atom stereocenters. The highest BCUT2D eigenvalue weighted by Crippen LogP contribution is 2.22. The van der Waals surface area contributed by atoms with Crippen LogP contribution in [0.2, 0.25) is 0 Å². The maximum absolute atomic E-state index is 11.3. The molecular formula is C14H11ClO3S. The summed E-state index contributed by atoms with van der Waals surface area (Å²) in [5.74, 6) is 0. The van der Waals surface area contributed by atoms with Gasteiger partial charge in [-0.3, -0.25) is 4.79 Å². The number of hydrogen-bond acceptors (Lipinski definition) is 3. The predicted molar refractivity (Wildman–Crippen MR) is 75.2 cm³/mol. The van der Waals surface area contributed by atoms with E-state index >= 15 is 0 Å². The first kappa shape index (κ1) is 13.8. The highest BCUT2D eigenvalue weighted by atomic mass is 35.5. The zero-order valence-corrected chi connectivity index (χ0v) is 11.7. The number of carbonyl (C=O) groups excluding carboxylic acids is 1. The fourth-order valence-electron chi connectivity index (χ4n) is 1.69. The van der Waals surface area contributed by atoms with E-state index in [1.165, 1.54) is 6.26 Å². The summed E-state index contributed by atoms with van der Waals surface area (Å²) in [5, 5.41) is -0.501. The average molecular weight is 295 g/mol. The van der Waals surface area contributed by atoms with Gasteiger partial charge in [0.25, 0.3) is 5.24 Å². The van der Waals surface area contributed by atoms with Crippen LogP contribution in [-0.2, 0) is 9.84 Å². The summed E-state index contributed by atoms with van der Waals surface area (Å²) in [6, 6.07) is 13.4. The fourth-order valence-corrected chi connectivity index (χ4v) is 2.44. The molecule has 0 N–H and O–H groups in total. The molecule has 98 valence electrons. The van der Waals surface area contributed by atoms with Crippen molar-refractivity contribution in [2.75, 3.05) is 6.26 Å². The normalized spacial score (nSPS) is 11.3. The van der Waals surface area contributed by atoms with Crippen LogP contribution in [0, 0.1) is 0 Å². The summed E-state index contributed by atoms with van der Waals surface area (Å²) in [6.45, 7) is 0. The molecule has 0 aromatic heterocycles. The van der Waals surface area contributed by atoms with Crippen LogP contribution in [-0.4, -0.2) is 19.9 Å². The topological polar surface area (TPSA) is 51.2 Å². The van der Waals surface area contributed by atoms with E-state index in [2.05, 4.69) is 0 Å². The zero-order chi connectivity index (χ0) is 14.0. The SMILES string of the molecule is CS(=O)(=O)c1ccc(-c2ccc(C(=O)Cl)cc2)cc1. The maximum atomic E-state index is 11.3. The molecule has 0 bridgehead atoms. The molecule has 0 aliphatic carbocycles. The van der Waals surface area contributed by atoms with Crippen molar-refractivity contribution in [3.63, 3.8) is 0 Å². The molecule has 2 rings (SSSR count). The summed E-state index contributed by atoms with van der Waals surface area (Å²) >= 11 is 5.37. The second-order valence-electron chi connectivity index (χ2n) is 4.15. The number of benzene rings is 2. The van der Waals surface area contributed by atoms with Crippen LogP contribution in [0.25, 0.3) is 11.1 Å². The van der Waals surface area contributed by atoms with Gasteiger partial charge in [0.1, 0.15) is 0 Å². The minimum absolute atomic E-state index is 0.281. The smallest absolute Gasteiger partial charge is 0.252 e. The van der Waals surface area contributed by atoms with Gasteiger partial charge in [-0.2, -0.15) is 0 Å². The maximum Gasteiger partial charge on any atom is 0.252 e. The second-order valence-corrected chi connectivity index (χ2v) is 6.51. The predicted octanol–water partition coefficient (Wildman–Crippen LogP) is 3.14. The van der Waals surface area contributed by atoms with Crippen molar-refractivity contribution in [3.05, 3.63) is 54.1 Å². The molecule has 0 spiro atoms. The van der Waals surface area contributed by atoms with E-state index in [9.17, 15) is 13.2 Å². The molecule has 2 aromatic carbocycles. The minimum atomic E-state index is -3.18. The van der Waals surface area contributed by atoms with Gasteiger partial charge >= 0.3 is 0 Å². The van der Waals surface area contributed by atoms with Crippen molar-refractivity contribution in [2.24, 2.45) is 0 Å². The summed E-state index contributed by atoms with van der Waals surface area (Å²) in [7, 11) is -3.18. The lowest BCUT2D eigenvalue weighted by molar-refractivity contribution is 0.108. The van der Waals surface area contributed by atoms with Crippen molar-refractivity contribution in [1.29, 1.82) is 0 Å². The summed E-state index contributed by atoms with van der Waals surface area (Å²) in [5.41, 5.74) is 2.20. The van der Waals surface area contributed by atoms with Crippen molar-refractivity contribution in [3.8, 4) is 11.1 Å². The standard InChI is InChI=1S/C14H11ClO3S/c1-19(17,18)13-8-6-11(7-9-13)10-2-4-12(5-3-10)14(15)16/h2-9H,1H3. The Morgan fingerprint density at radius 2 is 1.32 bits per heavy atom. The Morgan fingerprint density at radius 1 is 0.895 bits per heavy atom. The van der Waals surface area contributed by atoms with E-state index in [0.717, 1.165) is 11.1 Å². The largest absolute Gasteiger partial charge is 0.276 e. The third-order valence-electron chi connectivity index (χ3n) is 2.73. The third kappa shape index (κ3) is 3.22. The Kier molecular flexibility index (Phi) is 3.73. The Balaban J connectivity index is 2.35. The number of halogens is 1. The molecule has 0 unspecified atom stereocenters. The lowest BCUT2D eigenvalue weighted by Crippen LogP contribution is -1.96. The Morgan fingerprint density at radius 3 is 1.68 bits per heavy atom. The first-order chi connectivity index (χ1) is 8.88. The molecule has 5 heteroatoms.